The molecule has 2 heterocycles. The van der Waals surface area contributed by atoms with Crippen molar-refractivity contribution < 1.29 is 4.42 Å². The van der Waals surface area contributed by atoms with Crippen molar-refractivity contribution in [3.05, 3.63) is 42.9 Å². The highest BCUT2D eigenvalue weighted by molar-refractivity contribution is 5.70. The molecule has 0 saturated carbocycles. The Balaban J connectivity index is 3.18. The molecule has 0 aliphatic rings. The first-order valence-electron chi connectivity index (χ1n) is 3.85. The Labute approximate surface area is 76.2 Å². The summed E-state index contributed by atoms with van der Waals surface area (Å²) < 4.78 is 5.03. The number of aromatic nitrogens is 2. The average Bonchev–Trinajstić information content (AvgIpc) is 1.99. The summed E-state index contributed by atoms with van der Waals surface area (Å²) in [7, 11) is 0. The summed E-state index contributed by atoms with van der Waals surface area (Å²) in [5.41, 5.74) is -2.00. The minimum Gasteiger partial charge on any atom is -0.444 e. The van der Waals surface area contributed by atoms with E-state index < -0.39 is 16.7 Å². The molecule has 2 aromatic rings. The molecule has 0 saturated heterocycles. The SMILES string of the molecule is Cc1cc(=O)c2c(=O)[nH]c(=O)[nH]c2o1. The molecule has 0 atom stereocenters. The first-order valence-corrected chi connectivity index (χ1v) is 3.85. The lowest BCUT2D eigenvalue weighted by Gasteiger charge is -1.95. The van der Waals surface area contributed by atoms with Gasteiger partial charge in [-0.1, -0.05) is 0 Å². The molecule has 2 aromatic heterocycles. The Morgan fingerprint density at radius 2 is 1.93 bits per heavy atom. The van der Waals surface area contributed by atoms with Crippen LogP contribution in [0, 0.1) is 6.92 Å². The third kappa shape index (κ3) is 1.17. The van der Waals surface area contributed by atoms with Crippen LogP contribution in [0.5, 0.6) is 0 Å². The second-order valence-corrected chi connectivity index (χ2v) is 2.83. The van der Waals surface area contributed by atoms with E-state index in [1.807, 2.05) is 4.98 Å². The standard InChI is InChI=1S/C8H6N2O4/c1-3-2-4(11)5-6(12)9-8(13)10-7(5)14-3/h2H,1H3,(H2,9,10,12,13). The Morgan fingerprint density at radius 3 is 2.64 bits per heavy atom. The molecule has 2 N–H and O–H groups in total. The summed E-state index contributed by atoms with van der Waals surface area (Å²) in [6.07, 6.45) is 0. The number of aromatic amines is 2. The minimum absolute atomic E-state index is 0.0937. The fourth-order valence-electron chi connectivity index (χ4n) is 1.21. The van der Waals surface area contributed by atoms with Crippen molar-refractivity contribution >= 4 is 11.1 Å². The maximum atomic E-state index is 11.3. The molecule has 6 heteroatoms. The van der Waals surface area contributed by atoms with Crippen LogP contribution < -0.4 is 16.7 Å². The number of rotatable bonds is 0. The van der Waals surface area contributed by atoms with Crippen LogP contribution in [0.1, 0.15) is 5.76 Å². The number of aryl methyl sites for hydroxylation is 1. The third-order valence-corrected chi connectivity index (χ3v) is 1.75. The van der Waals surface area contributed by atoms with E-state index in [0.29, 0.717) is 5.76 Å². The summed E-state index contributed by atoms with van der Waals surface area (Å²) in [4.78, 5) is 37.6. The monoisotopic (exact) mass is 194 g/mol. The minimum atomic E-state index is -0.738. The molecule has 0 aliphatic heterocycles. The maximum absolute atomic E-state index is 11.3. The molecule has 6 nitrogen and oxygen atoms in total. The lowest BCUT2D eigenvalue weighted by Crippen LogP contribution is -2.25. The molecule has 14 heavy (non-hydrogen) atoms. The van der Waals surface area contributed by atoms with Crippen LogP contribution in [-0.2, 0) is 0 Å². The van der Waals surface area contributed by atoms with Gasteiger partial charge in [-0.25, -0.2) is 4.79 Å². The topological polar surface area (TPSA) is 95.9 Å². The first kappa shape index (κ1) is 8.49. The summed E-state index contributed by atoms with van der Waals surface area (Å²) in [5, 5.41) is -0.171. The van der Waals surface area contributed by atoms with Crippen molar-refractivity contribution in [2.24, 2.45) is 0 Å². The van der Waals surface area contributed by atoms with Gasteiger partial charge in [0.05, 0.1) is 0 Å². The van der Waals surface area contributed by atoms with E-state index in [1.54, 1.807) is 6.92 Å². The zero-order chi connectivity index (χ0) is 10.3. The highest BCUT2D eigenvalue weighted by atomic mass is 16.3. The summed E-state index contributed by atoms with van der Waals surface area (Å²) in [6.45, 7) is 1.56. The summed E-state index contributed by atoms with van der Waals surface area (Å²) in [5.74, 6) is 0.337. The van der Waals surface area contributed by atoms with Crippen molar-refractivity contribution in [3.8, 4) is 0 Å². The van der Waals surface area contributed by atoms with Crippen molar-refractivity contribution in [1.82, 2.24) is 9.97 Å². The van der Waals surface area contributed by atoms with Crippen LogP contribution in [0.3, 0.4) is 0 Å². The molecule has 72 valence electrons. The van der Waals surface area contributed by atoms with Gasteiger partial charge in [-0.3, -0.25) is 19.6 Å². The lowest BCUT2D eigenvalue weighted by atomic mass is 10.3. The van der Waals surface area contributed by atoms with E-state index in [4.69, 9.17) is 4.42 Å². The lowest BCUT2D eigenvalue weighted by molar-refractivity contribution is 0.550. The van der Waals surface area contributed by atoms with Crippen molar-refractivity contribution in [3.63, 3.8) is 0 Å². The van der Waals surface area contributed by atoms with E-state index in [-0.39, 0.29) is 11.1 Å². The molecule has 0 fully saturated rings. The van der Waals surface area contributed by atoms with E-state index in [0.717, 1.165) is 0 Å². The van der Waals surface area contributed by atoms with Gasteiger partial charge in [-0.2, -0.15) is 0 Å². The van der Waals surface area contributed by atoms with E-state index in [2.05, 4.69) is 4.98 Å². The predicted molar refractivity (Wildman–Crippen MR) is 48.5 cm³/mol. The van der Waals surface area contributed by atoms with Gasteiger partial charge in [-0.05, 0) is 6.92 Å². The van der Waals surface area contributed by atoms with Crippen LogP contribution in [-0.4, -0.2) is 9.97 Å². The van der Waals surface area contributed by atoms with Crippen molar-refractivity contribution in [2.45, 2.75) is 6.92 Å². The van der Waals surface area contributed by atoms with Crippen molar-refractivity contribution in [2.75, 3.05) is 0 Å². The molecule has 2 rings (SSSR count). The summed E-state index contributed by atoms with van der Waals surface area (Å²) in [6, 6.07) is 1.19. The number of fused-ring (bicyclic) bond motifs is 1. The second kappa shape index (κ2) is 2.69. The van der Waals surface area contributed by atoms with Gasteiger partial charge < -0.3 is 4.42 Å². The Hall–Kier alpha value is -2.11. The zero-order valence-corrected chi connectivity index (χ0v) is 7.21. The Morgan fingerprint density at radius 1 is 1.21 bits per heavy atom. The highest BCUT2D eigenvalue weighted by Gasteiger charge is 2.07. The van der Waals surface area contributed by atoms with Gasteiger partial charge >= 0.3 is 5.69 Å². The Bertz CT molecular complexity index is 661. The van der Waals surface area contributed by atoms with E-state index in [9.17, 15) is 14.4 Å². The predicted octanol–water partition coefficient (Wildman–Crippen LogP) is -0.522. The largest absolute Gasteiger partial charge is 0.444 e. The normalized spacial score (nSPS) is 10.6. The zero-order valence-electron chi connectivity index (χ0n) is 7.21. The maximum Gasteiger partial charge on any atom is 0.328 e. The third-order valence-electron chi connectivity index (χ3n) is 1.75. The van der Waals surface area contributed by atoms with E-state index in [1.165, 1.54) is 6.07 Å². The van der Waals surface area contributed by atoms with Gasteiger partial charge in [0.25, 0.3) is 5.56 Å². The van der Waals surface area contributed by atoms with Gasteiger partial charge in [0.15, 0.2) is 5.43 Å². The van der Waals surface area contributed by atoms with Gasteiger partial charge in [0.1, 0.15) is 11.1 Å². The Kier molecular flexibility index (Phi) is 1.63. The van der Waals surface area contributed by atoms with Crippen LogP contribution >= 0.6 is 0 Å². The molecule has 0 spiro atoms. The van der Waals surface area contributed by atoms with Gasteiger partial charge in [0.2, 0.25) is 5.71 Å². The molecule has 0 radical (unpaired) electrons. The quantitative estimate of drug-likeness (QED) is 0.589. The molecular formula is C8H6N2O4. The molecule has 0 bridgehead atoms. The van der Waals surface area contributed by atoms with Gasteiger partial charge in [-0.15, -0.1) is 0 Å². The fourth-order valence-corrected chi connectivity index (χ4v) is 1.21. The number of hydrogen-bond donors (Lipinski definition) is 2. The smallest absolute Gasteiger partial charge is 0.328 e. The average molecular weight is 194 g/mol. The van der Waals surface area contributed by atoms with Gasteiger partial charge in [0, 0.05) is 6.07 Å². The second-order valence-electron chi connectivity index (χ2n) is 2.83. The molecule has 0 amide bonds. The molecule has 0 unspecified atom stereocenters. The van der Waals surface area contributed by atoms with E-state index >= 15 is 0 Å². The molecule has 0 aromatic carbocycles. The van der Waals surface area contributed by atoms with Crippen LogP contribution in [0.2, 0.25) is 0 Å². The molecular weight excluding hydrogens is 188 g/mol. The van der Waals surface area contributed by atoms with Crippen LogP contribution in [0.25, 0.3) is 11.1 Å². The highest BCUT2D eigenvalue weighted by Crippen LogP contribution is 2.01. The van der Waals surface area contributed by atoms with Crippen molar-refractivity contribution in [1.29, 1.82) is 0 Å². The summed E-state index contributed by atoms with van der Waals surface area (Å²) >= 11 is 0. The van der Waals surface area contributed by atoms with Crippen LogP contribution in [0.4, 0.5) is 0 Å². The molecule has 0 aliphatic carbocycles. The number of nitrogens with one attached hydrogen (secondary N) is 2. The first-order chi connectivity index (χ1) is 6.58. The number of hydrogen-bond acceptors (Lipinski definition) is 4. The fraction of sp³-hybridized carbons (Fsp3) is 0.125. The van der Waals surface area contributed by atoms with Crippen LogP contribution in [0.15, 0.2) is 24.9 Å². The number of H-pyrrole nitrogens is 2.